The van der Waals surface area contributed by atoms with Crippen molar-refractivity contribution in [1.82, 2.24) is 4.98 Å². The van der Waals surface area contributed by atoms with Crippen molar-refractivity contribution in [3.05, 3.63) is 113 Å². The molecule has 1 nitrogen and oxygen atoms in total. The van der Waals surface area contributed by atoms with Crippen LogP contribution in [0, 0.1) is 0 Å². The highest BCUT2D eigenvalue weighted by Crippen LogP contribution is 2.47. The number of allylic oxidation sites excluding steroid dienone is 1. The van der Waals surface area contributed by atoms with Crippen molar-refractivity contribution in [3.8, 4) is 0 Å². The zero-order chi connectivity index (χ0) is 22.8. The molecule has 1 aliphatic rings. The van der Waals surface area contributed by atoms with E-state index in [-0.39, 0.29) is 5.54 Å². The number of hydrogen-bond acceptors (Lipinski definition) is 1. The molecule has 0 fully saturated rings. The standard InChI is InChI=1S/C30H37NSi/c1-23-20-26-18-12-13-19-28(26)29(23)32(5,31-30(2,3)4)27(21-24-14-8-6-9-15-24)22-25-16-10-7-11-17-25/h6-20,27,29,31H,21-22H2,1-5H3. The van der Waals surface area contributed by atoms with Crippen LogP contribution in [0.4, 0.5) is 0 Å². The fraction of sp³-hybridized carbons (Fsp3) is 0.333. The van der Waals surface area contributed by atoms with E-state index in [0.717, 1.165) is 12.8 Å². The summed E-state index contributed by atoms with van der Waals surface area (Å²) in [6.45, 7) is 12.0. The molecule has 1 N–H and O–H groups in total. The van der Waals surface area contributed by atoms with Crippen LogP contribution >= 0.6 is 0 Å². The molecule has 166 valence electrons. The monoisotopic (exact) mass is 439 g/mol. The van der Waals surface area contributed by atoms with Crippen LogP contribution in [-0.4, -0.2) is 13.8 Å². The van der Waals surface area contributed by atoms with Gasteiger partial charge in [-0.05, 0) is 68.3 Å². The lowest BCUT2D eigenvalue weighted by molar-refractivity contribution is 0.495. The molecule has 3 aromatic rings. The van der Waals surface area contributed by atoms with Crippen molar-refractivity contribution < 1.29 is 0 Å². The van der Waals surface area contributed by atoms with E-state index in [1.54, 1.807) is 0 Å². The molecule has 2 heteroatoms. The van der Waals surface area contributed by atoms with Gasteiger partial charge in [0.05, 0.1) is 0 Å². The molecule has 0 radical (unpaired) electrons. The molecule has 0 bridgehead atoms. The second-order valence-corrected chi connectivity index (χ2v) is 14.9. The van der Waals surface area contributed by atoms with Crippen molar-refractivity contribution in [2.45, 2.75) is 63.7 Å². The molecule has 0 spiro atoms. The summed E-state index contributed by atoms with van der Waals surface area (Å²) in [5.74, 6) is 0. The zero-order valence-electron chi connectivity index (χ0n) is 20.2. The summed E-state index contributed by atoms with van der Waals surface area (Å²) in [7, 11) is -2.08. The van der Waals surface area contributed by atoms with E-state index >= 15 is 0 Å². The van der Waals surface area contributed by atoms with Crippen molar-refractivity contribution >= 4 is 14.3 Å². The third-order valence-electron chi connectivity index (χ3n) is 6.89. The van der Waals surface area contributed by atoms with Crippen LogP contribution in [0.1, 0.15) is 55.5 Å². The summed E-state index contributed by atoms with van der Waals surface area (Å²) in [4.78, 5) is 4.28. The molecular weight excluding hydrogens is 402 g/mol. The fourth-order valence-electron chi connectivity index (χ4n) is 5.79. The Hall–Kier alpha value is -2.42. The third kappa shape index (κ3) is 4.97. The predicted octanol–water partition coefficient (Wildman–Crippen LogP) is 7.55. The lowest BCUT2D eigenvalue weighted by Gasteiger charge is -2.47. The first-order chi connectivity index (χ1) is 15.3. The van der Waals surface area contributed by atoms with Crippen molar-refractivity contribution in [2.75, 3.05) is 0 Å². The summed E-state index contributed by atoms with van der Waals surface area (Å²) >= 11 is 0. The first-order valence-corrected chi connectivity index (χ1v) is 14.6. The average molecular weight is 440 g/mol. The van der Waals surface area contributed by atoms with Gasteiger partial charge < -0.3 is 4.98 Å². The van der Waals surface area contributed by atoms with Crippen LogP contribution in [0.2, 0.25) is 12.1 Å². The Morgan fingerprint density at radius 3 is 1.81 bits per heavy atom. The summed E-state index contributed by atoms with van der Waals surface area (Å²) in [6, 6.07) is 31.2. The Labute approximate surface area is 195 Å². The molecule has 2 unspecified atom stereocenters. The molecule has 0 saturated carbocycles. The van der Waals surface area contributed by atoms with Gasteiger partial charge in [0, 0.05) is 11.1 Å². The lowest BCUT2D eigenvalue weighted by atomic mass is 10.0. The Morgan fingerprint density at radius 1 is 0.781 bits per heavy atom. The highest BCUT2D eigenvalue weighted by atomic mass is 28.3. The van der Waals surface area contributed by atoms with Crippen LogP contribution in [0.25, 0.3) is 6.08 Å². The van der Waals surface area contributed by atoms with E-state index in [4.69, 9.17) is 0 Å². The zero-order valence-corrected chi connectivity index (χ0v) is 21.2. The Bertz CT molecular complexity index is 1020. The van der Waals surface area contributed by atoms with E-state index in [1.807, 2.05) is 0 Å². The van der Waals surface area contributed by atoms with Crippen molar-refractivity contribution in [2.24, 2.45) is 0 Å². The van der Waals surface area contributed by atoms with Crippen molar-refractivity contribution in [3.63, 3.8) is 0 Å². The van der Waals surface area contributed by atoms with Gasteiger partial charge in [0.1, 0.15) is 8.24 Å². The first-order valence-electron chi connectivity index (χ1n) is 11.9. The second-order valence-electron chi connectivity index (χ2n) is 10.7. The Balaban J connectivity index is 1.82. The highest BCUT2D eigenvalue weighted by Gasteiger charge is 2.48. The van der Waals surface area contributed by atoms with E-state index in [9.17, 15) is 0 Å². The van der Waals surface area contributed by atoms with Crippen LogP contribution in [0.5, 0.6) is 0 Å². The summed E-state index contributed by atoms with van der Waals surface area (Å²) in [5.41, 5.74) is 8.42. The van der Waals surface area contributed by atoms with E-state index in [2.05, 4.69) is 130 Å². The van der Waals surface area contributed by atoms with Gasteiger partial charge in [0.2, 0.25) is 0 Å². The maximum atomic E-state index is 4.28. The maximum absolute atomic E-state index is 4.28. The quantitative estimate of drug-likeness (QED) is 0.375. The molecule has 0 aromatic heterocycles. The molecule has 0 aliphatic heterocycles. The van der Waals surface area contributed by atoms with E-state index in [1.165, 1.54) is 27.8 Å². The molecule has 1 aliphatic carbocycles. The molecule has 0 heterocycles. The van der Waals surface area contributed by atoms with Gasteiger partial charge in [0.15, 0.2) is 0 Å². The van der Waals surface area contributed by atoms with Gasteiger partial charge in [-0.2, -0.15) is 0 Å². The first kappa shape index (κ1) is 22.8. The summed E-state index contributed by atoms with van der Waals surface area (Å²) < 4.78 is 0. The van der Waals surface area contributed by atoms with Crippen molar-refractivity contribution in [1.29, 1.82) is 0 Å². The number of hydrogen-bond donors (Lipinski definition) is 1. The van der Waals surface area contributed by atoms with Gasteiger partial charge >= 0.3 is 0 Å². The minimum absolute atomic E-state index is 0.0599. The topological polar surface area (TPSA) is 12.0 Å². The average Bonchev–Trinajstić information content (AvgIpc) is 3.10. The molecular formula is C30H37NSi. The summed E-state index contributed by atoms with van der Waals surface area (Å²) in [6.07, 6.45) is 4.64. The van der Waals surface area contributed by atoms with Gasteiger partial charge in [-0.3, -0.25) is 0 Å². The number of benzene rings is 3. The van der Waals surface area contributed by atoms with Gasteiger partial charge in [-0.25, -0.2) is 0 Å². The number of nitrogens with one attached hydrogen (secondary N) is 1. The minimum atomic E-state index is -2.08. The van der Waals surface area contributed by atoms with Gasteiger partial charge in [-0.1, -0.05) is 103 Å². The van der Waals surface area contributed by atoms with E-state index in [0.29, 0.717) is 11.1 Å². The maximum Gasteiger partial charge on any atom is 0.138 e. The van der Waals surface area contributed by atoms with Crippen LogP contribution in [0.3, 0.4) is 0 Å². The van der Waals surface area contributed by atoms with Gasteiger partial charge in [-0.15, -0.1) is 0 Å². The van der Waals surface area contributed by atoms with Gasteiger partial charge in [0.25, 0.3) is 0 Å². The molecule has 4 rings (SSSR count). The Morgan fingerprint density at radius 2 is 1.28 bits per heavy atom. The molecule has 0 saturated heterocycles. The molecule has 2 atom stereocenters. The number of rotatable bonds is 7. The third-order valence-corrected chi connectivity index (χ3v) is 12.2. The largest absolute Gasteiger partial charge is 0.332 e. The van der Waals surface area contributed by atoms with Crippen LogP contribution < -0.4 is 4.98 Å². The minimum Gasteiger partial charge on any atom is -0.332 e. The van der Waals surface area contributed by atoms with Crippen LogP contribution in [-0.2, 0) is 12.8 Å². The normalized spacial score (nSPS) is 17.7. The van der Waals surface area contributed by atoms with Crippen LogP contribution in [0.15, 0.2) is 90.5 Å². The summed E-state index contributed by atoms with van der Waals surface area (Å²) in [5, 5.41) is 0. The van der Waals surface area contributed by atoms with E-state index < -0.39 is 8.24 Å². The highest BCUT2D eigenvalue weighted by molar-refractivity contribution is 6.80. The molecule has 32 heavy (non-hydrogen) atoms. The predicted molar refractivity (Wildman–Crippen MR) is 141 cm³/mol. The molecule has 3 aromatic carbocycles. The fourth-order valence-corrected chi connectivity index (χ4v) is 11.5. The lowest BCUT2D eigenvalue weighted by Crippen LogP contribution is -2.63. The SMILES string of the molecule is CC1=Cc2ccccc2C1[Si](C)(NC(C)(C)C)C(Cc1ccccc1)Cc1ccccc1. The molecule has 0 amide bonds. The second kappa shape index (κ2) is 9.21. The Kier molecular flexibility index (Phi) is 6.55. The number of fused-ring (bicyclic) bond motifs is 1. The smallest absolute Gasteiger partial charge is 0.138 e.